The minimum absolute atomic E-state index is 0.258. The number of amides is 1. The molecule has 1 atom stereocenters. The third-order valence-corrected chi connectivity index (χ3v) is 2.02. The van der Waals surface area contributed by atoms with Gasteiger partial charge in [-0.1, -0.05) is 0 Å². The van der Waals surface area contributed by atoms with Gasteiger partial charge in [-0.25, -0.2) is 4.98 Å². The number of halogens is 3. The summed E-state index contributed by atoms with van der Waals surface area (Å²) >= 11 is 0. The Kier molecular flexibility index (Phi) is 4.93. The van der Waals surface area contributed by atoms with Gasteiger partial charge in [-0.05, 0) is 11.6 Å². The van der Waals surface area contributed by atoms with Gasteiger partial charge in [-0.2, -0.15) is 13.2 Å². The van der Waals surface area contributed by atoms with Crippen molar-refractivity contribution in [2.45, 2.75) is 12.2 Å². The number of carboxylic acid groups (broad SMARTS) is 1. The summed E-state index contributed by atoms with van der Waals surface area (Å²) in [5.74, 6) is -0.258. The van der Waals surface area contributed by atoms with Crippen molar-refractivity contribution in [1.29, 1.82) is 0 Å². The lowest BCUT2D eigenvalue weighted by Crippen LogP contribution is -2.40. The van der Waals surface area contributed by atoms with Gasteiger partial charge < -0.3 is 25.1 Å². The van der Waals surface area contributed by atoms with Crippen molar-refractivity contribution >= 4 is 6.09 Å². The molecule has 106 valence electrons. The molecule has 0 aliphatic heterocycles. The van der Waals surface area contributed by atoms with Gasteiger partial charge in [-0.3, -0.25) is 0 Å². The monoisotopic (exact) mass is 279 g/mol. The molecule has 0 spiro atoms. The lowest BCUT2D eigenvalue weighted by molar-refractivity contribution is -0.252. The molecule has 1 amide bonds. The zero-order valence-electron chi connectivity index (χ0n) is 9.48. The Labute approximate surface area is 105 Å². The third-order valence-electron chi connectivity index (χ3n) is 2.02. The molecule has 1 unspecified atom stereocenters. The molecule has 19 heavy (non-hydrogen) atoms. The number of rotatable bonds is 5. The summed E-state index contributed by atoms with van der Waals surface area (Å²) < 4.78 is 40.0. The van der Waals surface area contributed by atoms with Crippen LogP contribution in [0.25, 0.3) is 0 Å². The molecule has 0 saturated heterocycles. The van der Waals surface area contributed by atoms with Gasteiger partial charge in [0.05, 0.1) is 12.6 Å². The number of nitrogens with one attached hydrogen (secondary N) is 1. The Bertz CT molecular complexity index is 422. The van der Waals surface area contributed by atoms with E-state index in [1.54, 1.807) is 0 Å². The maximum absolute atomic E-state index is 11.9. The highest BCUT2D eigenvalue weighted by Gasteiger charge is 2.28. The van der Waals surface area contributed by atoms with Crippen LogP contribution in [0.4, 0.5) is 18.0 Å². The van der Waals surface area contributed by atoms with Gasteiger partial charge in [-0.15, -0.1) is 0 Å². The van der Waals surface area contributed by atoms with E-state index >= 15 is 0 Å². The number of aliphatic hydroxyl groups is 1. The second kappa shape index (κ2) is 6.23. The Morgan fingerprint density at radius 1 is 1.53 bits per heavy atom. The molecule has 0 radical (unpaired) electrons. The summed E-state index contributed by atoms with van der Waals surface area (Å²) in [5, 5.41) is 21.2. The van der Waals surface area contributed by atoms with Crippen LogP contribution < -0.4 is 15.2 Å². The van der Waals surface area contributed by atoms with Crippen molar-refractivity contribution in [3.05, 3.63) is 23.9 Å². The molecule has 0 bridgehead atoms. The summed E-state index contributed by atoms with van der Waals surface area (Å²) in [6.45, 7) is -2.02. The molecule has 1 aromatic heterocycles. The normalized spacial score (nSPS) is 12.8. The van der Waals surface area contributed by atoms with Gasteiger partial charge in [0.1, 0.15) is 6.09 Å². The van der Waals surface area contributed by atoms with Crippen molar-refractivity contribution < 1.29 is 32.9 Å². The number of carbonyl (C=O) groups excluding carboxylic acids is 1. The topological polar surface area (TPSA) is 94.5 Å². The summed E-state index contributed by atoms with van der Waals surface area (Å²) in [6, 6.07) is 1.46. The number of hydrogen-bond acceptors (Lipinski definition) is 5. The minimum atomic E-state index is -4.47. The van der Waals surface area contributed by atoms with Crippen molar-refractivity contribution in [1.82, 2.24) is 10.3 Å². The highest BCUT2D eigenvalue weighted by atomic mass is 19.4. The van der Waals surface area contributed by atoms with Crippen LogP contribution in [0.5, 0.6) is 5.88 Å². The number of aliphatic hydroxyl groups excluding tert-OH is 1. The first kappa shape index (κ1) is 15.0. The van der Waals surface area contributed by atoms with E-state index in [9.17, 15) is 23.1 Å². The molecule has 1 heterocycles. The van der Waals surface area contributed by atoms with Crippen LogP contribution in [0.15, 0.2) is 18.3 Å². The van der Waals surface area contributed by atoms with Crippen LogP contribution >= 0.6 is 0 Å². The lowest BCUT2D eigenvalue weighted by Gasteiger charge is -2.18. The van der Waals surface area contributed by atoms with Gasteiger partial charge >= 0.3 is 6.18 Å². The van der Waals surface area contributed by atoms with Crippen LogP contribution in [0.1, 0.15) is 11.6 Å². The predicted octanol–water partition coefficient (Wildman–Crippen LogP) is -0.0110. The van der Waals surface area contributed by atoms with Crippen molar-refractivity contribution in [3.63, 3.8) is 0 Å². The first-order chi connectivity index (χ1) is 8.81. The van der Waals surface area contributed by atoms with E-state index in [-0.39, 0.29) is 11.4 Å². The fourth-order valence-corrected chi connectivity index (χ4v) is 1.22. The molecule has 0 aromatic carbocycles. The highest BCUT2D eigenvalue weighted by molar-refractivity contribution is 5.62. The average molecular weight is 279 g/mol. The third kappa shape index (κ3) is 5.42. The molecule has 6 nitrogen and oxygen atoms in total. The highest BCUT2D eigenvalue weighted by Crippen LogP contribution is 2.18. The van der Waals surface area contributed by atoms with Crippen LogP contribution in [-0.2, 0) is 0 Å². The summed E-state index contributed by atoms with van der Waals surface area (Å²) in [4.78, 5) is 13.9. The molecule has 2 N–H and O–H groups in total. The molecule has 1 rings (SSSR count). The predicted molar refractivity (Wildman–Crippen MR) is 54.1 cm³/mol. The molecular formula is C10H10F3N2O4-. The fourth-order valence-electron chi connectivity index (χ4n) is 1.22. The number of carbonyl (C=O) groups is 1. The molecule has 0 aliphatic carbocycles. The minimum Gasteiger partial charge on any atom is -0.530 e. The van der Waals surface area contributed by atoms with E-state index in [0.717, 1.165) is 12.3 Å². The zero-order valence-corrected chi connectivity index (χ0v) is 9.48. The Morgan fingerprint density at radius 2 is 2.21 bits per heavy atom. The summed E-state index contributed by atoms with van der Waals surface area (Å²) in [6.07, 6.45) is -4.95. The average Bonchev–Trinajstić information content (AvgIpc) is 2.33. The Balaban J connectivity index is 2.67. The number of hydrogen-bond donors (Lipinski definition) is 2. The summed E-state index contributed by atoms with van der Waals surface area (Å²) in [7, 11) is 0. The summed E-state index contributed by atoms with van der Waals surface area (Å²) in [5.41, 5.74) is 0.269. The number of aromatic nitrogens is 1. The Morgan fingerprint density at radius 3 is 2.63 bits per heavy atom. The molecular weight excluding hydrogens is 269 g/mol. The smallest absolute Gasteiger partial charge is 0.422 e. The van der Waals surface area contributed by atoms with E-state index in [4.69, 9.17) is 5.11 Å². The van der Waals surface area contributed by atoms with E-state index in [0.29, 0.717) is 0 Å². The maximum Gasteiger partial charge on any atom is 0.422 e. The van der Waals surface area contributed by atoms with E-state index < -0.39 is 31.5 Å². The van der Waals surface area contributed by atoms with Gasteiger partial charge in [0.25, 0.3) is 0 Å². The van der Waals surface area contributed by atoms with Crippen molar-refractivity contribution in [2.75, 3.05) is 13.2 Å². The number of pyridine rings is 1. The maximum atomic E-state index is 11.9. The zero-order chi connectivity index (χ0) is 14.5. The number of alkyl halides is 3. The largest absolute Gasteiger partial charge is 0.530 e. The molecule has 1 aromatic rings. The fraction of sp³-hybridized carbons (Fsp3) is 0.400. The van der Waals surface area contributed by atoms with Crippen LogP contribution in [0, 0.1) is 0 Å². The Hall–Kier alpha value is -2.03. The lowest BCUT2D eigenvalue weighted by atomic mass is 10.1. The van der Waals surface area contributed by atoms with E-state index in [1.165, 1.54) is 6.07 Å². The van der Waals surface area contributed by atoms with Crippen molar-refractivity contribution in [3.8, 4) is 5.88 Å². The SMILES string of the molecule is O=C([O-])NC(CO)c1ccc(OCC(F)(F)F)nc1. The van der Waals surface area contributed by atoms with Gasteiger partial charge in [0, 0.05) is 12.3 Å². The molecule has 0 aliphatic rings. The number of ether oxygens (including phenoxy) is 1. The van der Waals surface area contributed by atoms with Gasteiger partial charge in [0.2, 0.25) is 5.88 Å². The first-order valence-corrected chi connectivity index (χ1v) is 5.05. The van der Waals surface area contributed by atoms with Crippen LogP contribution in [-0.4, -0.2) is 35.6 Å². The van der Waals surface area contributed by atoms with Crippen molar-refractivity contribution in [2.24, 2.45) is 0 Å². The van der Waals surface area contributed by atoms with Crippen LogP contribution in [0.2, 0.25) is 0 Å². The van der Waals surface area contributed by atoms with E-state index in [1.807, 2.05) is 5.32 Å². The first-order valence-electron chi connectivity index (χ1n) is 5.05. The van der Waals surface area contributed by atoms with Gasteiger partial charge in [0.15, 0.2) is 6.61 Å². The number of nitrogens with zero attached hydrogens (tertiary/aromatic N) is 1. The standard InChI is InChI=1S/C10H11F3N2O4/c11-10(12,13)5-19-8-2-1-6(3-14-8)7(4-16)15-9(17)18/h1-3,7,15-16H,4-5H2,(H,17,18)/p-1. The van der Waals surface area contributed by atoms with E-state index in [2.05, 4.69) is 9.72 Å². The van der Waals surface area contributed by atoms with Crippen LogP contribution in [0.3, 0.4) is 0 Å². The second-order valence-electron chi connectivity index (χ2n) is 3.50. The quantitative estimate of drug-likeness (QED) is 0.790. The molecule has 0 fully saturated rings. The molecule has 0 saturated carbocycles. The second-order valence-corrected chi connectivity index (χ2v) is 3.50. The molecule has 9 heteroatoms.